The molecular formula is C17H17Cl2NO3. The van der Waals surface area contributed by atoms with E-state index in [0.29, 0.717) is 11.6 Å². The molecule has 0 aliphatic rings. The van der Waals surface area contributed by atoms with Gasteiger partial charge in [-0.3, -0.25) is 0 Å². The Morgan fingerprint density at radius 3 is 2.48 bits per heavy atom. The van der Waals surface area contributed by atoms with Crippen LogP contribution in [0, 0.1) is 0 Å². The summed E-state index contributed by atoms with van der Waals surface area (Å²) in [6.07, 6.45) is -1.31. The van der Waals surface area contributed by atoms with Crippen LogP contribution < -0.4 is 9.64 Å². The Morgan fingerprint density at radius 2 is 1.87 bits per heavy atom. The molecule has 2 aromatic carbocycles. The number of hydrogen-bond acceptors (Lipinski definition) is 4. The number of carbonyl (C=O) groups is 1. The van der Waals surface area contributed by atoms with Gasteiger partial charge in [-0.05, 0) is 44.2 Å². The number of ether oxygens (including phenoxy) is 2. The summed E-state index contributed by atoms with van der Waals surface area (Å²) in [5.41, 5.74) is 0.958. The lowest BCUT2D eigenvalue weighted by Gasteiger charge is -2.29. The molecule has 0 amide bonds. The molecule has 2 rings (SSSR count). The van der Waals surface area contributed by atoms with Crippen LogP contribution in [-0.4, -0.2) is 18.9 Å². The minimum Gasteiger partial charge on any atom is -0.410 e. The molecule has 0 radical (unpaired) electrons. The molecule has 4 nitrogen and oxygen atoms in total. The van der Waals surface area contributed by atoms with Gasteiger partial charge in [0.15, 0.2) is 12.0 Å². The van der Waals surface area contributed by atoms with Gasteiger partial charge in [-0.25, -0.2) is 4.79 Å². The van der Waals surface area contributed by atoms with E-state index in [4.69, 9.17) is 32.7 Å². The highest BCUT2D eigenvalue weighted by Crippen LogP contribution is 2.28. The van der Waals surface area contributed by atoms with Crippen LogP contribution in [0.15, 0.2) is 48.5 Å². The van der Waals surface area contributed by atoms with Crippen molar-refractivity contribution in [3.05, 3.63) is 58.6 Å². The molecule has 23 heavy (non-hydrogen) atoms. The second-order valence-electron chi connectivity index (χ2n) is 4.77. The van der Waals surface area contributed by atoms with Crippen LogP contribution >= 0.6 is 23.2 Å². The third-order valence-corrected chi connectivity index (χ3v) is 3.75. The zero-order valence-electron chi connectivity index (χ0n) is 12.8. The van der Waals surface area contributed by atoms with Gasteiger partial charge in [-0.2, -0.15) is 0 Å². The first-order valence-corrected chi connectivity index (χ1v) is 7.92. The zero-order chi connectivity index (χ0) is 16.8. The molecule has 1 unspecified atom stereocenters. The Balaban J connectivity index is 2.01. The molecule has 0 heterocycles. The summed E-state index contributed by atoms with van der Waals surface area (Å²) in [6.45, 7) is 4.44. The minimum atomic E-state index is -0.823. The summed E-state index contributed by atoms with van der Waals surface area (Å²) >= 11 is 11.8. The molecule has 0 saturated heterocycles. The number of halogens is 2. The van der Waals surface area contributed by atoms with Crippen LogP contribution in [-0.2, 0) is 4.74 Å². The molecule has 122 valence electrons. The van der Waals surface area contributed by atoms with E-state index >= 15 is 0 Å². The summed E-state index contributed by atoms with van der Waals surface area (Å²) in [5, 5.41) is 0.711. The molecule has 1 atom stereocenters. The van der Waals surface area contributed by atoms with E-state index in [1.54, 1.807) is 13.0 Å². The normalized spacial score (nSPS) is 11.7. The minimum absolute atomic E-state index is 0.205. The molecule has 2 aromatic rings. The predicted molar refractivity (Wildman–Crippen MR) is 92.5 cm³/mol. The van der Waals surface area contributed by atoms with Gasteiger partial charge in [0.2, 0.25) is 0 Å². The van der Waals surface area contributed by atoms with E-state index in [9.17, 15) is 4.79 Å². The maximum atomic E-state index is 11.9. The standard InChI is InChI=1S/C17H17Cl2NO3/c1-3-20(14-7-5-4-6-8-14)12(2)22-17(21)23-16-10-9-13(18)11-15(16)19/h4-12H,3H2,1-2H3. The number of hydrogen-bond donors (Lipinski definition) is 0. The van der Waals surface area contributed by atoms with Crippen molar-refractivity contribution in [2.45, 2.75) is 20.1 Å². The van der Waals surface area contributed by atoms with Crippen LogP contribution in [0.25, 0.3) is 0 Å². The number of carbonyl (C=O) groups excluding carboxylic acids is 1. The quantitative estimate of drug-likeness (QED) is 0.410. The fourth-order valence-corrected chi connectivity index (χ4v) is 2.59. The van der Waals surface area contributed by atoms with E-state index in [2.05, 4.69) is 0 Å². The molecule has 0 bridgehead atoms. The van der Waals surface area contributed by atoms with Crippen molar-refractivity contribution >= 4 is 35.0 Å². The van der Waals surface area contributed by atoms with Gasteiger partial charge in [0.05, 0.1) is 5.02 Å². The molecule has 0 spiro atoms. The van der Waals surface area contributed by atoms with Crippen LogP contribution in [0.3, 0.4) is 0 Å². The van der Waals surface area contributed by atoms with Crippen molar-refractivity contribution in [3.8, 4) is 5.75 Å². The van der Waals surface area contributed by atoms with Gasteiger partial charge < -0.3 is 14.4 Å². The Hall–Kier alpha value is -1.91. The summed E-state index contributed by atoms with van der Waals surface area (Å²) < 4.78 is 10.4. The summed E-state index contributed by atoms with van der Waals surface area (Å²) in [4.78, 5) is 13.9. The van der Waals surface area contributed by atoms with Gasteiger partial charge in [0.1, 0.15) is 0 Å². The third kappa shape index (κ3) is 4.78. The summed E-state index contributed by atoms with van der Waals surface area (Å²) in [7, 11) is 0. The van der Waals surface area contributed by atoms with Gasteiger partial charge in [0.25, 0.3) is 0 Å². The average Bonchev–Trinajstić information content (AvgIpc) is 2.52. The number of anilines is 1. The van der Waals surface area contributed by atoms with Gasteiger partial charge in [-0.15, -0.1) is 0 Å². The largest absolute Gasteiger partial charge is 0.515 e. The summed E-state index contributed by atoms with van der Waals surface area (Å²) in [5.74, 6) is 0.205. The first-order valence-electron chi connectivity index (χ1n) is 7.16. The third-order valence-electron chi connectivity index (χ3n) is 3.22. The number of para-hydroxylation sites is 1. The highest BCUT2D eigenvalue weighted by Gasteiger charge is 2.19. The Bertz CT molecular complexity index is 664. The van der Waals surface area contributed by atoms with Crippen LogP contribution in [0.5, 0.6) is 5.75 Å². The first-order chi connectivity index (χ1) is 11.0. The molecule has 0 fully saturated rings. The predicted octanol–water partition coefficient (Wildman–Crippen LogP) is 5.38. The monoisotopic (exact) mass is 353 g/mol. The van der Waals surface area contributed by atoms with Crippen LogP contribution in [0.1, 0.15) is 13.8 Å². The maximum absolute atomic E-state index is 11.9. The van der Waals surface area contributed by atoms with E-state index in [-0.39, 0.29) is 10.8 Å². The molecular weight excluding hydrogens is 337 g/mol. The molecule has 0 aromatic heterocycles. The van der Waals surface area contributed by atoms with Crippen molar-refractivity contribution in [2.24, 2.45) is 0 Å². The highest BCUT2D eigenvalue weighted by molar-refractivity contribution is 6.35. The smallest absolute Gasteiger partial charge is 0.410 e. The Labute approximate surface area is 145 Å². The van der Waals surface area contributed by atoms with Gasteiger partial charge >= 0.3 is 6.16 Å². The SMILES string of the molecule is CCN(c1ccccc1)C(C)OC(=O)Oc1ccc(Cl)cc1Cl. The van der Waals surface area contributed by atoms with Crippen molar-refractivity contribution in [1.29, 1.82) is 0 Å². The highest BCUT2D eigenvalue weighted by atomic mass is 35.5. The Morgan fingerprint density at radius 1 is 1.17 bits per heavy atom. The van der Waals surface area contributed by atoms with Crippen LogP contribution in [0.4, 0.5) is 10.5 Å². The van der Waals surface area contributed by atoms with Crippen molar-refractivity contribution in [1.82, 2.24) is 0 Å². The molecule has 6 heteroatoms. The molecule has 0 N–H and O–H groups in total. The number of nitrogens with zero attached hydrogens (tertiary/aromatic N) is 1. The second kappa shape index (κ2) is 8.09. The van der Waals surface area contributed by atoms with E-state index in [1.165, 1.54) is 12.1 Å². The topological polar surface area (TPSA) is 38.8 Å². The van der Waals surface area contributed by atoms with Crippen molar-refractivity contribution in [3.63, 3.8) is 0 Å². The van der Waals surface area contributed by atoms with E-state index in [1.807, 2.05) is 42.2 Å². The summed E-state index contributed by atoms with van der Waals surface area (Å²) in [6, 6.07) is 14.3. The zero-order valence-corrected chi connectivity index (χ0v) is 14.3. The average molecular weight is 354 g/mol. The van der Waals surface area contributed by atoms with Gasteiger partial charge in [0, 0.05) is 17.3 Å². The van der Waals surface area contributed by atoms with Crippen molar-refractivity contribution in [2.75, 3.05) is 11.4 Å². The Kier molecular flexibility index (Phi) is 6.13. The number of benzene rings is 2. The van der Waals surface area contributed by atoms with E-state index in [0.717, 1.165) is 5.69 Å². The van der Waals surface area contributed by atoms with Crippen molar-refractivity contribution < 1.29 is 14.3 Å². The lowest BCUT2D eigenvalue weighted by Crippen LogP contribution is -2.37. The first kappa shape index (κ1) is 17.4. The second-order valence-corrected chi connectivity index (χ2v) is 5.61. The fourth-order valence-electron chi connectivity index (χ4n) is 2.14. The lowest BCUT2D eigenvalue weighted by molar-refractivity contribution is 0.0646. The molecule has 0 aliphatic heterocycles. The van der Waals surface area contributed by atoms with Gasteiger partial charge in [-0.1, -0.05) is 41.4 Å². The lowest BCUT2D eigenvalue weighted by atomic mass is 10.3. The fraction of sp³-hybridized carbons (Fsp3) is 0.235. The van der Waals surface area contributed by atoms with Crippen LogP contribution in [0.2, 0.25) is 10.0 Å². The molecule has 0 saturated carbocycles. The molecule has 0 aliphatic carbocycles. The van der Waals surface area contributed by atoms with E-state index < -0.39 is 12.4 Å². The maximum Gasteiger partial charge on any atom is 0.515 e. The number of rotatable bonds is 5.